The van der Waals surface area contributed by atoms with Crippen LogP contribution in [0.5, 0.6) is 0 Å². The van der Waals surface area contributed by atoms with E-state index in [0.29, 0.717) is 17.1 Å². The number of carbonyl (C=O) groups excluding carboxylic acids is 1. The van der Waals surface area contributed by atoms with Gasteiger partial charge < -0.3 is 10.6 Å². The SMILES string of the molecule is Cc1ccccc1CNC(=O)c1cncc(Nc2ccc(Cl)cc2)c1. The summed E-state index contributed by atoms with van der Waals surface area (Å²) in [4.78, 5) is 16.5. The van der Waals surface area contributed by atoms with Crippen LogP contribution in [0.1, 0.15) is 21.5 Å². The molecule has 25 heavy (non-hydrogen) atoms. The number of benzene rings is 2. The van der Waals surface area contributed by atoms with Crippen molar-refractivity contribution in [1.29, 1.82) is 0 Å². The van der Waals surface area contributed by atoms with Crippen LogP contribution in [-0.4, -0.2) is 10.9 Å². The molecule has 1 amide bonds. The molecule has 0 aliphatic carbocycles. The summed E-state index contributed by atoms with van der Waals surface area (Å²) >= 11 is 5.88. The molecule has 0 radical (unpaired) electrons. The van der Waals surface area contributed by atoms with Crippen LogP contribution in [0.4, 0.5) is 11.4 Å². The number of hydrogen-bond donors (Lipinski definition) is 2. The molecule has 0 saturated heterocycles. The maximum atomic E-state index is 12.4. The summed E-state index contributed by atoms with van der Waals surface area (Å²) < 4.78 is 0. The highest BCUT2D eigenvalue weighted by atomic mass is 35.5. The van der Waals surface area contributed by atoms with Crippen LogP contribution in [0.2, 0.25) is 5.02 Å². The highest BCUT2D eigenvalue weighted by Gasteiger charge is 2.08. The molecule has 0 unspecified atom stereocenters. The summed E-state index contributed by atoms with van der Waals surface area (Å²) in [5.74, 6) is -0.157. The first-order chi connectivity index (χ1) is 12.1. The molecule has 0 atom stereocenters. The van der Waals surface area contributed by atoms with Crippen molar-refractivity contribution in [3.63, 3.8) is 0 Å². The lowest BCUT2D eigenvalue weighted by molar-refractivity contribution is 0.0950. The number of anilines is 2. The molecule has 5 heteroatoms. The third-order valence-corrected chi connectivity index (χ3v) is 4.09. The summed E-state index contributed by atoms with van der Waals surface area (Å²) in [5, 5.41) is 6.81. The standard InChI is InChI=1S/C20H18ClN3O/c1-14-4-2-3-5-15(14)12-23-20(25)16-10-19(13-22-11-16)24-18-8-6-17(21)7-9-18/h2-11,13,24H,12H2,1H3,(H,23,25). The Morgan fingerprint density at radius 2 is 1.80 bits per heavy atom. The minimum atomic E-state index is -0.157. The third-order valence-electron chi connectivity index (χ3n) is 3.83. The third kappa shape index (κ3) is 4.58. The Labute approximate surface area is 151 Å². The number of halogens is 1. The predicted octanol–water partition coefficient (Wildman–Crippen LogP) is 4.72. The Morgan fingerprint density at radius 1 is 1.04 bits per heavy atom. The van der Waals surface area contributed by atoms with E-state index in [-0.39, 0.29) is 5.91 Å². The van der Waals surface area contributed by atoms with Gasteiger partial charge in [-0.1, -0.05) is 35.9 Å². The van der Waals surface area contributed by atoms with E-state index >= 15 is 0 Å². The molecule has 3 aromatic rings. The van der Waals surface area contributed by atoms with E-state index in [1.165, 1.54) is 0 Å². The lowest BCUT2D eigenvalue weighted by Gasteiger charge is -2.10. The second-order valence-electron chi connectivity index (χ2n) is 5.70. The van der Waals surface area contributed by atoms with Gasteiger partial charge in [0.05, 0.1) is 17.4 Å². The van der Waals surface area contributed by atoms with Gasteiger partial charge in [0.15, 0.2) is 0 Å². The molecule has 0 aliphatic heterocycles. The maximum Gasteiger partial charge on any atom is 0.253 e. The number of pyridine rings is 1. The molecule has 0 fully saturated rings. The summed E-state index contributed by atoms with van der Waals surface area (Å²) in [7, 11) is 0. The highest BCUT2D eigenvalue weighted by molar-refractivity contribution is 6.30. The van der Waals surface area contributed by atoms with Gasteiger partial charge in [-0.2, -0.15) is 0 Å². The molecule has 126 valence electrons. The molecule has 0 saturated carbocycles. The predicted molar refractivity (Wildman–Crippen MR) is 101 cm³/mol. The van der Waals surface area contributed by atoms with E-state index in [9.17, 15) is 4.79 Å². The largest absolute Gasteiger partial charge is 0.354 e. The molecule has 0 spiro atoms. The lowest BCUT2D eigenvalue weighted by Crippen LogP contribution is -2.23. The van der Waals surface area contributed by atoms with Crippen LogP contribution >= 0.6 is 11.6 Å². The van der Waals surface area contributed by atoms with Crippen molar-refractivity contribution in [1.82, 2.24) is 10.3 Å². The van der Waals surface area contributed by atoms with Crippen LogP contribution in [-0.2, 0) is 6.54 Å². The van der Waals surface area contributed by atoms with Gasteiger partial charge in [0, 0.05) is 23.5 Å². The second-order valence-corrected chi connectivity index (χ2v) is 6.14. The Balaban J connectivity index is 1.67. The molecule has 0 bridgehead atoms. The monoisotopic (exact) mass is 351 g/mol. The van der Waals surface area contributed by atoms with E-state index < -0.39 is 0 Å². The molecular formula is C20H18ClN3O. The van der Waals surface area contributed by atoms with Gasteiger partial charge in [0.2, 0.25) is 0 Å². The number of amides is 1. The average molecular weight is 352 g/mol. The molecule has 4 nitrogen and oxygen atoms in total. The van der Waals surface area contributed by atoms with Gasteiger partial charge in [-0.25, -0.2) is 0 Å². The fourth-order valence-electron chi connectivity index (χ4n) is 2.42. The van der Waals surface area contributed by atoms with Gasteiger partial charge >= 0.3 is 0 Å². The fourth-order valence-corrected chi connectivity index (χ4v) is 2.54. The lowest BCUT2D eigenvalue weighted by atomic mass is 10.1. The number of nitrogens with one attached hydrogen (secondary N) is 2. The zero-order valence-electron chi connectivity index (χ0n) is 13.8. The summed E-state index contributed by atoms with van der Waals surface area (Å²) in [6.07, 6.45) is 3.23. The van der Waals surface area contributed by atoms with Crippen molar-refractivity contribution in [3.05, 3.63) is 88.7 Å². The van der Waals surface area contributed by atoms with Crippen LogP contribution in [0.3, 0.4) is 0 Å². The number of hydrogen-bond acceptors (Lipinski definition) is 3. The molecule has 1 aromatic heterocycles. The van der Waals surface area contributed by atoms with E-state index in [4.69, 9.17) is 11.6 Å². The van der Waals surface area contributed by atoms with Gasteiger partial charge in [-0.05, 0) is 48.4 Å². The van der Waals surface area contributed by atoms with E-state index in [0.717, 1.165) is 22.5 Å². The topological polar surface area (TPSA) is 54.0 Å². The summed E-state index contributed by atoms with van der Waals surface area (Å²) in [6.45, 7) is 2.51. The number of aromatic nitrogens is 1. The van der Waals surface area contributed by atoms with Gasteiger partial charge in [0.25, 0.3) is 5.91 Å². The number of carbonyl (C=O) groups is 1. The molecule has 2 N–H and O–H groups in total. The average Bonchev–Trinajstić information content (AvgIpc) is 2.63. The Kier molecular flexibility index (Phi) is 5.31. The van der Waals surface area contributed by atoms with Crippen molar-refractivity contribution in [3.8, 4) is 0 Å². The number of aryl methyl sites for hydroxylation is 1. The Hall–Kier alpha value is -2.85. The first kappa shape index (κ1) is 17.0. The van der Waals surface area contributed by atoms with Gasteiger partial charge in [-0.3, -0.25) is 9.78 Å². The quantitative estimate of drug-likeness (QED) is 0.699. The van der Waals surface area contributed by atoms with Crippen LogP contribution in [0.25, 0.3) is 0 Å². The normalized spacial score (nSPS) is 10.3. The van der Waals surface area contributed by atoms with Crippen LogP contribution in [0.15, 0.2) is 67.0 Å². The highest BCUT2D eigenvalue weighted by Crippen LogP contribution is 2.19. The van der Waals surface area contributed by atoms with Crippen molar-refractivity contribution in [2.75, 3.05) is 5.32 Å². The van der Waals surface area contributed by atoms with Gasteiger partial charge in [0.1, 0.15) is 0 Å². The smallest absolute Gasteiger partial charge is 0.253 e. The van der Waals surface area contributed by atoms with Crippen molar-refractivity contribution in [2.45, 2.75) is 13.5 Å². The van der Waals surface area contributed by atoms with E-state index in [2.05, 4.69) is 15.6 Å². The zero-order valence-corrected chi connectivity index (χ0v) is 14.5. The maximum absolute atomic E-state index is 12.4. The first-order valence-corrected chi connectivity index (χ1v) is 8.30. The molecule has 2 aromatic carbocycles. The summed E-state index contributed by atoms with van der Waals surface area (Å²) in [5.41, 5.74) is 4.38. The molecule has 3 rings (SSSR count). The van der Waals surface area contributed by atoms with E-state index in [1.807, 2.05) is 43.3 Å². The summed E-state index contributed by atoms with van der Waals surface area (Å²) in [6, 6.07) is 17.1. The van der Waals surface area contributed by atoms with Crippen molar-refractivity contribution in [2.24, 2.45) is 0 Å². The molecular weight excluding hydrogens is 334 g/mol. The van der Waals surface area contributed by atoms with Gasteiger partial charge in [-0.15, -0.1) is 0 Å². The molecule has 0 aliphatic rings. The first-order valence-electron chi connectivity index (χ1n) is 7.92. The van der Waals surface area contributed by atoms with Crippen LogP contribution < -0.4 is 10.6 Å². The molecule has 1 heterocycles. The fraction of sp³-hybridized carbons (Fsp3) is 0.100. The Morgan fingerprint density at radius 3 is 2.56 bits per heavy atom. The number of rotatable bonds is 5. The minimum absolute atomic E-state index is 0.157. The Bertz CT molecular complexity index is 878. The van der Waals surface area contributed by atoms with E-state index in [1.54, 1.807) is 30.6 Å². The minimum Gasteiger partial charge on any atom is -0.354 e. The van der Waals surface area contributed by atoms with Crippen molar-refractivity contribution >= 4 is 28.9 Å². The van der Waals surface area contributed by atoms with Crippen molar-refractivity contribution < 1.29 is 4.79 Å². The zero-order chi connectivity index (χ0) is 17.6. The van der Waals surface area contributed by atoms with Crippen LogP contribution in [0, 0.1) is 6.92 Å². The second kappa shape index (κ2) is 7.81. The number of nitrogens with zero attached hydrogens (tertiary/aromatic N) is 1.